The van der Waals surface area contributed by atoms with Crippen molar-refractivity contribution in [3.63, 3.8) is 0 Å². The van der Waals surface area contributed by atoms with Crippen molar-refractivity contribution in [2.45, 2.75) is 54.4 Å². The molecule has 0 aliphatic rings. The molecule has 0 aliphatic carbocycles. The predicted molar refractivity (Wildman–Crippen MR) is 83.4 cm³/mol. The van der Waals surface area contributed by atoms with Crippen molar-refractivity contribution < 1.29 is 9.59 Å². The minimum Gasteiger partial charge on any atom is -0.344 e. The number of nitrogens with zero attached hydrogens (tertiary/aromatic N) is 2. The molecule has 4 heteroatoms. The fourth-order valence-corrected chi connectivity index (χ4v) is 1.63. The fourth-order valence-electron chi connectivity index (χ4n) is 1.63. The Labute approximate surface area is 124 Å². The summed E-state index contributed by atoms with van der Waals surface area (Å²) in [4.78, 5) is 27.3. The van der Waals surface area contributed by atoms with Crippen LogP contribution in [0.1, 0.15) is 54.4 Å². The Balaban J connectivity index is 4.28. The van der Waals surface area contributed by atoms with Gasteiger partial charge in [-0.15, -0.1) is 0 Å². The largest absolute Gasteiger partial charge is 0.344 e. The Morgan fingerprint density at radius 3 is 1.70 bits per heavy atom. The van der Waals surface area contributed by atoms with Gasteiger partial charge in [-0.2, -0.15) is 0 Å². The van der Waals surface area contributed by atoms with Crippen molar-refractivity contribution in [3.05, 3.63) is 0 Å². The number of rotatable bonds is 5. The Hall–Kier alpha value is -1.06. The molecule has 0 heterocycles. The molecule has 0 radical (unpaired) electrons. The van der Waals surface area contributed by atoms with Crippen LogP contribution >= 0.6 is 0 Å². The second-order valence-electron chi connectivity index (χ2n) is 8.11. The molecular formula is C16H32N2O2. The Morgan fingerprint density at radius 2 is 1.30 bits per heavy atom. The van der Waals surface area contributed by atoms with Crippen molar-refractivity contribution in [1.82, 2.24) is 9.80 Å². The van der Waals surface area contributed by atoms with Crippen molar-refractivity contribution in [2.24, 2.45) is 10.8 Å². The van der Waals surface area contributed by atoms with Crippen LogP contribution in [0.2, 0.25) is 0 Å². The molecule has 0 atom stereocenters. The normalized spacial score (nSPS) is 12.2. The summed E-state index contributed by atoms with van der Waals surface area (Å²) in [5.41, 5.74) is 0.162. The number of carbonyl (C=O) groups is 2. The number of hydrogen-bond donors (Lipinski definition) is 0. The van der Waals surface area contributed by atoms with Crippen LogP contribution < -0.4 is 0 Å². The van der Waals surface area contributed by atoms with E-state index in [-0.39, 0.29) is 29.2 Å². The molecule has 2 amide bonds. The highest BCUT2D eigenvalue weighted by Gasteiger charge is 2.22. The molecular weight excluding hydrogens is 252 g/mol. The number of hydrogen-bond acceptors (Lipinski definition) is 2. The van der Waals surface area contributed by atoms with Crippen LogP contribution in [0, 0.1) is 10.8 Å². The molecule has 0 bridgehead atoms. The lowest BCUT2D eigenvalue weighted by Gasteiger charge is -2.27. The highest BCUT2D eigenvalue weighted by atomic mass is 16.2. The van der Waals surface area contributed by atoms with E-state index in [0.29, 0.717) is 6.42 Å². The van der Waals surface area contributed by atoms with Gasteiger partial charge < -0.3 is 9.80 Å². The maximum absolute atomic E-state index is 12.1. The average Bonchev–Trinajstić information content (AvgIpc) is 2.22. The topological polar surface area (TPSA) is 40.6 Å². The lowest BCUT2D eigenvalue weighted by atomic mass is 9.91. The first kappa shape index (κ1) is 18.9. The maximum atomic E-state index is 12.1. The zero-order valence-corrected chi connectivity index (χ0v) is 14.5. The van der Waals surface area contributed by atoms with Gasteiger partial charge in [0, 0.05) is 27.1 Å². The second kappa shape index (κ2) is 7.09. The first-order chi connectivity index (χ1) is 8.82. The number of likely N-dealkylation sites (N-methyl/N-ethyl adjacent to an activating group) is 2. The quantitative estimate of drug-likeness (QED) is 0.779. The summed E-state index contributed by atoms with van der Waals surface area (Å²) >= 11 is 0. The summed E-state index contributed by atoms with van der Waals surface area (Å²) in [7, 11) is 3.50. The average molecular weight is 284 g/mol. The van der Waals surface area contributed by atoms with Gasteiger partial charge in [0.1, 0.15) is 0 Å². The third-order valence-corrected chi connectivity index (χ3v) is 3.10. The number of carbonyl (C=O) groups excluding carboxylic acids is 2. The van der Waals surface area contributed by atoms with E-state index in [1.165, 1.54) is 4.90 Å². The highest BCUT2D eigenvalue weighted by molar-refractivity contribution is 5.84. The minimum absolute atomic E-state index is 0.000917. The third-order valence-electron chi connectivity index (χ3n) is 3.10. The van der Waals surface area contributed by atoms with Crippen LogP contribution in [0.15, 0.2) is 0 Å². The van der Waals surface area contributed by atoms with Crippen LogP contribution in [0.4, 0.5) is 0 Å². The predicted octanol–water partition coefficient (Wildman–Crippen LogP) is 2.78. The van der Waals surface area contributed by atoms with Crippen molar-refractivity contribution in [3.8, 4) is 0 Å². The third kappa shape index (κ3) is 8.94. The van der Waals surface area contributed by atoms with Crippen LogP contribution in [0.3, 0.4) is 0 Å². The van der Waals surface area contributed by atoms with E-state index in [1.54, 1.807) is 19.0 Å². The van der Waals surface area contributed by atoms with Gasteiger partial charge in [0.05, 0.1) is 6.54 Å². The van der Waals surface area contributed by atoms with E-state index in [1.807, 2.05) is 20.8 Å². The van der Waals surface area contributed by atoms with E-state index in [9.17, 15) is 9.59 Å². The molecule has 0 aromatic carbocycles. The van der Waals surface area contributed by atoms with Crippen LogP contribution in [-0.2, 0) is 9.59 Å². The van der Waals surface area contributed by atoms with Gasteiger partial charge in [0.2, 0.25) is 11.8 Å². The summed E-state index contributed by atoms with van der Waals surface area (Å²) in [5.74, 6) is 0.0223. The van der Waals surface area contributed by atoms with Crippen molar-refractivity contribution in [1.29, 1.82) is 0 Å². The smallest absolute Gasteiger partial charge is 0.241 e. The molecule has 0 N–H and O–H groups in total. The van der Waals surface area contributed by atoms with E-state index < -0.39 is 0 Å². The lowest BCUT2D eigenvalue weighted by Crippen LogP contribution is -2.41. The first-order valence-corrected chi connectivity index (χ1v) is 7.30. The molecule has 20 heavy (non-hydrogen) atoms. The molecule has 0 aromatic rings. The van der Waals surface area contributed by atoms with Gasteiger partial charge in [-0.05, 0) is 17.3 Å². The molecule has 0 rings (SSSR count). The molecule has 0 aliphatic heterocycles. The van der Waals surface area contributed by atoms with E-state index in [4.69, 9.17) is 0 Å². The fraction of sp³-hybridized carbons (Fsp3) is 0.875. The van der Waals surface area contributed by atoms with Crippen molar-refractivity contribution in [2.75, 3.05) is 27.2 Å². The Morgan fingerprint density at radius 1 is 0.800 bits per heavy atom. The summed E-state index contributed by atoms with van der Waals surface area (Å²) < 4.78 is 0. The summed E-state index contributed by atoms with van der Waals surface area (Å²) in [6.45, 7) is 13.4. The van der Waals surface area contributed by atoms with Gasteiger partial charge in [-0.1, -0.05) is 41.5 Å². The molecule has 0 fully saturated rings. The molecule has 0 saturated carbocycles. The van der Waals surface area contributed by atoms with Gasteiger partial charge in [0.15, 0.2) is 0 Å². The second-order valence-corrected chi connectivity index (χ2v) is 8.11. The molecule has 0 saturated heterocycles. The zero-order chi connectivity index (χ0) is 16.1. The zero-order valence-electron chi connectivity index (χ0n) is 14.5. The monoisotopic (exact) mass is 284 g/mol. The lowest BCUT2D eigenvalue weighted by molar-refractivity contribution is -0.139. The van der Waals surface area contributed by atoms with Crippen molar-refractivity contribution >= 4 is 11.8 Å². The summed E-state index contributed by atoms with van der Waals surface area (Å²) in [6, 6.07) is 0. The van der Waals surface area contributed by atoms with Gasteiger partial charge in [0.25, 0.3) is 0 Å². The Kier molecular flexibility index (Phi) is 6.72. The maximum Gasteiger partial charge on any atom is 0.241 e. The highest BCUT2D eigenvalue weighted by Crippen LogP contribution is 2.20. The van der Waals surface area contributed by atoms with Gasteiger partial charge >= 0.3 is 0 Å². The van der Waals surface area contributed by atoms with E-state index in [0.717, 1.165) is 13.0 Å². The van der Waals surface area contributed by atoms with Gasteiger partial charge in [-0.25, -0.2) is 0 Å². The molecule has 4 nitrogen and oxygen atoms in total. The molecule has 0 spiro atoms. The summed E-state index contributed by atoms with van der Waals surface area (Å²) in [6.07, 6.45) is 1.41. The van der Waals surface area contributed by atoms with Crippen LogP contribution in [-0.4, -0.2) is 48.8 Å². The Bertz CT molecular complexity index is 337. The van der Waals surface area contributed by atoms with E-state index >= 15 is 0 Å². The number of amides is 2. The van der Waals surface area contributed by atoms with E-state index in [2.05, 4.69) is 20.8 Å². The van der Waals surface area contributed by atoms with Gasteiger partial charge in [-0.3, -0.25) is 9.59 Å². The molecule has 0 aromatic heterocycles. The molecule has 118 valence electrons. The minimum atomic E-state index is -0.0491. The first-order valence-electron chi connectivity index (χ1n) is 7.30. The van der Waals surface area contributed by atoms with Crippen LogP contribution in [0.5, 0.6) is 0 Å². The van der Waals surface area contributed by atoms with Crippen LogP contribution in [0.25, 0.3) is 0 Å². The SMILES string of the molecule is CN(CCC(C)(C)C)C(=O)CN(C)C(=O)CC(C)(C)C. The standard InChI is InChI=1S/C16H32N2O2/c1-15(2,3)9-10-17(7)14(20)12-18(8)13(19)11-16(4,5)6/h9-12H2,1-8H3. The molecule has 0 unspecified atom stereocenters. The summed E-state index contributed by atoms with van der Waals surface area (Å²) in [5, 5.41) is 0.